The molecule has 0 N–H and O–H groups in total. The molecule has 0 aromatic rings. The van der Waals surface area contributed by atoms with E-state index in [1.54, 1.807) is 0 Å². The van der Waals surface area contributed by atoms with Crippen molar-refractivity contribution in [1.82, 2.24) is 0 Å². The van der Waals surface area contributed by atoms with Gasteiger partial charge in [-0.05, 0) is 6.92 Å². The van der Waals surface area contributed by atoms with Gasteiger partial charge in [0.25, 0.3) is 0 Å². The van der Waals surface area contributed by atoms with Crippen molar-refractivity contribution in [3.63, 3.8) is 0 Å². The van der Waals surface area contributed by atoms with Crippen molar-refractivity contribution in [2.75, 3.05) is 0 Å². The van der Waals surface area contributed by atoms with E-state index < -0.39 is 41.0 Å². The van der Waals surface area contributed by atoms with Gasteiger partial charge in [-0.1, -0.05) is 0 Å². The summed E-state index contributed by atoms with van der Waals surface area (Å²) in [5.74, 6) is -9.86. The predicted molar refractivity (Wildman–Crippen MR) is 36.0 cm³/mol. The number of hydrogen-bond acceptors (Lipinski definition) is 0. The number of hydrogen-bond donors (Lipinski definition) is 0. The smallest absolute Gasteiger partial charge is 0.233 e. The van der Waals surface area contributed by atoms with Crippen LogP contribution in [-0.4, -0.2) is 22.9 Å². The first-order chi connectivity index (χ1) is 6.52. The van der Waals surface area contributed by atoms with Crippen molar-refractivity contribution >= 4 is 0 Å². The van der Waals surface area contributed by atoms with Gasteiger partial charge >= 0.3 is 5.92 Å². The average Bonchev–Trinajstić information content (AvgIpc) is 2.34. The highest BCUT2D eigenvalue weighted by molar-refractivity contribution is 5.46. The summed E-state index contributed by atoms with van der Waals surface area (Å²) >= 11 is 0. The van der Waals surface area contributed by atoms with Gasteiger partial charge in [0.2, 0.25) is 17.0 Å². The summed E-state index contributed by atoms with van der Waals surface area (Å²) in [7, 11) is 0. The SMILES string of the molecule is CC1(F)C2(F)CC(F)(C(F)=C2F)C1(F)F. The lowest BCUT2D eigenvalue weighted by atomic mass is 9.84. The fourth-order valence-corrected chi connectivity index (χ4v) is 2.08. The topological polar surface area (TPSA) is 0 Å². The molecular weight excluding hydrogens is 229 g/mol. The zero-order valence-corrected chi connectivity index (χ0v) is 7.35. The number of rotatable bonds is 0. The van der Waals surface area contributed by atoms with Gasteiger partial charge in [-0.3, -0.25) is 0 Å². The second-order valence-electron chi connectivity index (χ2n) is 3.98. The molecule has 0 amide bonds. The summed E-state index contributed by atoms with van der Waals surface area (Å²) in [5.41, 5.74) is -12.2. The lowest BCUT2D eigenvalue weighted by Gasteiger charge is -2.36. The molecule has 0 radical (unpaired) electrons. The van der Waals surface area contributed by atoms with Crippen LogP contribution in [0.4, 0.5) is 30.7 Å². The van der Waals surface area contributed by atoms with E-state index in [1.165, 1.54) is 0 Å². The molecule has 0 nitrogen and oxygen atoms in total. The van der Waals surface area contributed by atoms with Gasteiger partial charge in [0, 0.05) is 6.42 Å². The van der Waals surface area contributed by atoms with Gasteiger partial charge in [0.05, 0.1) is 0 Å². The van der Waals surface area contributed by atoms with Gasteiger partial charge in [-0.2, -0.15) is 8.78 Å². The molecule has 15 heavy (non-hydrogen) atoms. The van der Waals surface area contributed by atoms with Gasteiger partial charge in [-0.15, -0.1) is 0 Å². The Bertz CT molecular complexity index is 337. The molecule has 0 heterocycles. The first-order valence-corrected chi connectivity index (χ1v) is 4.03. The van der Waals surface area contributed by atoms with Crippen LogP contribution in [0.1, 0.15) is 13.3 Å². The van der Waals surface area contributed by atoms with E-state index in [0.717, 1.165) is 0 Å². The van der Waals surface area contributed by atoms with Crippen LogP contribution in [0.15, 0.2) is 11.7 Å². The minimum atomic E-state index is -4.92. The summed E-state index contributed by atoms with van der Waals surface area (Å²) in [4.78, 5) is 0. The molecule has 2 bridgehead atoms. The molecule has 1 saturated carbocycles. The molecule has 0 aliphatic heterocycles. The van der Waals surface area contributed by atoms with Crippen LogP contribution in [0.25, 0.3) is 0 Å². The third-order valence-electron chi connectivity index (χ3n) is 3.21. The van der Waals surface area contributed by atoms with Gasteiger partial charge in [0.1, 0.15) is 0 Å². The molecule has 1 fully saturated rings. The summed E-state index contributed by atoms with van der Waals surface area (Å²) in [6, 6.07) is 0. The fraction of sp³-hybridized carbons (Fsp3) is 0.750. The second-order valence-corrected chi connectivity index (χ2v) is 3.98. The van der Waals surface area contributed by atoms with Crippen molar-refractivity contribution in [1.29, 1.82) is 0 Å². The van der Waals surface area contributed by atoms with Crippen molar-refractivity contribution < 1.29 is 30.7 Å². The van der Waals surface area contributed by atoms with Crippen LogP contribution in [0, 0.1) is 0 Å². The highest BCUT2D eigenvalue weighted by atomic mass is 19.3. The Labute approximate surface area is 79.8 Å². The van der Waals surface area contributed by atoms with Crippen LogP contribution in [0.3, 0.4) is 0 Å². The molecule has 2 rings (SSSR count). The van der Waals surface area contributed by atoms with Crippen molar-refractivity contribution in [2.45, 2.75) is 36.3 Å². The van der Waals surface area contributed by atoms with Crippen molar-refractivity contribution in [3.8, 4) is 0 Å². The Morgan fingerprint density at radius 2 is 1.27 bits per heavy atom. The highest BCUT2D eigenvalue weighted by Crippen LogP contribution is 2.70. The van der Waals surface area contributed by atoms with E-state index in [0.29, 0.717) is 0 Å². The molecule has 0 spiro atoms. The van der Waals surface area contributed by atoms with Crippen LogP contribution >= 0.6 is 0 Å². The Kier molecular flexibility index (Phi) is 1.56. The molecule has 3 atom stereocenters. The van der Waals surface area contributed by atoms with E-state index in [9.17, 15) is 30.7 Å². The zero-order chi connectivity index (χ0) is 11.9. The highest BCUT2D eigenvalue weighted by Gasteiger charge is 2.89. The Balaban J connectivity index is 2.76. The predicted octanol–water partition coefficient (Wildman–Crippen LogP) is 3.33. The second kappa shape index (κ2) is 2.17. The molecule has 0 saturated heterocycles. The number of halogens is 7. The maximum Gasteiger partial charge on any atom is 0.324 e. The van der Waals surface area contributed by atoms with E-state index in [4.69, 9.17) is 0 Å². The van der Waals surface area contributed by atoms with Gasteiger partial charge in [0.15, 0.2) is 11.7 Å². The first kappa shape index (κ1) is 10.8. The molecule has 0 aromatic carbocycles. The standard InChI is InChI=1S/C8H5F7/c1-5(11)6(12)2-7(13,8(5,14)15)4(10)3(6)9/h2H2,1H3. The quantitative estimate of drug-likeness (QED) is 0.564. The summed E-state index contributed by atoms with van der Waals surface area (Å²) < 4.78 is 91.8. The van der Waals surface area contributed by atoms with Crippen LogP contribution < -0.4 is 0 Å². The summed E-state index contributed by atoms with van der Waals surface area (Å²) in [6.45, 7) is 0.0281. The maximum absolute atomic E-state index is 13.5. The van der Waals surface area contributed by atoms with Crippen LogP contribution in [0.2, 0.25) is 0 Å². The third-order valence-corrected chi connectivity index (χ3v) is 3.21. The van der Waals surface area contributed by atoms with Gasteiger partial charge < -0.3 is 0 Å². The maximum atomic E-state index is 13.5. The van der Waals surface area contributed by atoms with E-state index in [1.807, 2.05) is 0 Å². The fourth-order valence-electron chi connectivity index (χ4n) is 2.08. The third kappa shape index (κ3) is 0.720. The number of allylic oxidation sites excluding steroid dienone is 2. The minimum absolute atomic E-state index is 0.0281. The minimum Gasteiger partial charge on any atom is -0.233 e. The van der Waals surface area contributed by atoms with E-state index >= 15 is 0 Å². The van der Waals surface area contributed by atoms with Crippen molar-refractivity contribution in [3.05, 3.63) is 11.7 Å². The molecular formula is C8H5F7. The van der Waals surface area contributed by atoms with Crippen molar-refractivity contribution in [2.24, 2.45) is 0 Å². The molecule has 86 valence electrons. The average molecular weight is 234 g/mol. The van der Waals surface area contributed by atoms with Gasteiger partial charge in [-0.25, -0.2) is 22.0 Å². The Morgan fingerprint density at radius 1 is 0.867 bits per heavy atom. The lowest BCUT2D eigenvalue weighted by molar-refractivity contribution is -0.200. The molecule has 0 aromatic heterocycles. The molecule has 2 aliphatic carbocycles. The summed E-state index contributed by atoms with van der Waals surface area (Å²) in [6.07, 6.45) is -1.86. The number of fused-ring (bicyclic) bond motifs is 2. The van der Waals surface area contributed by atoms with Crippen LogP contribution in [0.5, 0.6) is 0 Å². The molecule has 2 aliphatic rings. The monoisotopic (exact) mass is 234 g/mol. The normalized spacial score (nSPS) is 52.8. The Morgan fingerprint density at radius 3 is 1.60 bits per heavy atom. The zero-order valence-electron chi connectivity index (χ0n) is 7.35. The first-order valence-electron chi connectivity index (χ1n) is 4.03. The molecule has 3 unspecified atom stereocenters. The lowest BCUT2D eigenvalue weighted by Crippen LogP contribution is -2.58. The van der Waals surface area contributed by atoms with E-state index in [2.05, 4.69) is 0 Å². The Hall–Kier alpha value is -0.750. The molecule has 7 heteroatoms. The summed E-state index contributed by atoms with van der Waals surface area (Å²) in [5, 5.41) is 0. The number of alkyl halides is 5. The van der Waals surface area contributed by atoms with E-state index in [-0.39, 0.29) is 6.92 Å². The van der Waals surface area contributed by atoms with Crippen LogP contribution in [-0.2, 0) is 0 Å². The largest absolute Gasteiger partial charge is 0.324 e.